The molecule has 3 heterocycles. The predicted octanol–water partition coefficient (Wildman–Crippen LogP) is 1.59. The Morgan fingerprint density at radius 1 is 1.28 bits per heavy atom. The van der Waals surface area contributed by atoms with Crippen LogP contribution in [0.25, 0.3) is 10.9 Å². The van der Waals surface area contributed by atoms with E-state index >= 15 is 0 Å². The highest BCUT2D eigenvalue weighted by Crippen LogP contribution is 2.23. The maximum absolute atomic E-state index is 12.8. The topological polar surface area (TPSA) is 98.2 Å². The minimum atomic E-state index is -0.326. The summed E-state index contributed by atoms with van der Waals surface area (Å²) >= 11 is 0. The summed E-state index contributed by atoms with van der Waals surface area (Å²) in [5.74, 6) is 0.479. The zero-order valence-corrected chi connectivity index (χ0v) is 16.1. The largest absolute Gasteiger partial charge is 0.497 e. The van der Waals surface area contributed by atoms with Crippen LogP contribution in [0.15, 0.2) is 35.1 Å². The van der Waals surface area contributed by atoms with Crippen molar-refractivity contribution >= 4 is 16.8 Å². The molecule has 5 rings (SSSR count). The Hall–Kier alpha value is -3.13. The number of methoxy groups -OCH3 is 1. The van der Waals surface area contributed by atoms with Crippen LogP contribution in [-0.2, 0) is 17.6 Å². The van der Waals surface area contributed by atoms with E-state index in [9.17, 15) is 9.59 Å². The number of carbonyl (C=O) groups excluding carboxylic acids is 1. The molecule has 2 atom stereocenters. The normalized spacial score (nSPS) is 20.7. The fourth-order valence-corrected chi connectivity index (χ4v) is 4.18. The molecule has 2 aromatic heterocycles. The number of ether oxygens (including phenoxy) is 2. The van der Waals surface area contributed by atoms with Crippen molar-refractivity contribution < 1.29 is 14.3 Å². The fraction of sp³-hybridized carbons (Fsp3) is 0.381. The lowest BCUT2D eigenvalue weighted by atomic mass is 10.1. The summed E-state index contributed by atoms with van der Waals surface area (Å²) in [6.07, 6.45) is 2.82. The summed E-state index contributed by atoms with van der Waals surface area (Å²) in [7, 11) is 1.60. The van der Waals surface area contributed by atoms with Crippen LogP contribution >= 0.6 is 0 Å². The van der Waals surface area contributed by atoms with Gasteiger partial charge < -0.3 is 19.8 Å². The van der Waals surface area contributed by atoms with Crippen molar-refractivity contribution in [3.63, 3.8) is 0 Å². The Kier molecular flexibility index (Phi) is 4.35. The van der Waals surface area contributed by atoms with Gasteiger partial charge in [-0.3, -0.25) is 9.59 Å². The number of fused-ring (bicyclic) bond motifs is 2. The number of benzene rings is 1. The SMILES string of the molecule is COc1ccc2cc(C(=O)NC3COCC3n3nc4c(cc3=O)CCC4)[nH]c2c1. The molecule has 1 fully saturated rings. The minimum Gasteiger partial charge on any atom is -0.497 e. The summed E-state index contributed by atoms with van der Waals surface area (Å²) in [5, 5.41) is 8.50. The lowest BCUT2D eigenvalue weighted by Crippen LogP contribution is -2.44. The van der Waals surface area contributed by atoms with Gasteiger partial charge in [0.2, 0.25) is 0 Å². The summed E-state index contributed by atoms with van der Waals surface area (Å²) in [4.78, 5) is 28.5. The van der Waals surface area contributed by atoms with E-state index in [4.69, 9.17) is 9.47 Å². The van der Waals surface area contributed by atoms with Crippen LogP contribution < -0.4 is 15.6 Å². The van der Waals surface area contributed by atoms with Gasteiger partial charge >= 0.3 is 0 Å². The number of aromatic nitrogens is 3. The molecule has 1 aliphatic heterocycles. The van der Waals surface area contributed by atoms with E-state index in [0.29, 0.717) is 18.9 Å². The number of nitrogens with zero attached hydrogens (tertiary/aromatic N) is 2. The molecule has 2 unspecified atom stereocenters. The van der Waals surface area contributed by atoms with Crippen LogP contribution in [0.5, 0.6) is 5.75 Å². The van der Waals surface area contributed by atoms with E-state index in [-0.39, 0.29) is 23.6 Å². The van der Waals surface area contributed by atoms with Gasteiger partial charge in [0.25, 0.3) is 11.5 Å². The number of aromatic amines is 1. The average Bonchev–Trinajstić information content (AvgIpc) is 3.45. The zero-order valence-electron chi connectivity index (χ0n) is 16.1. The fourth-order valence-electron chi connectivity index (χ4n) is 4.18. The number of hydrogen-bond donors (Lipinski definition) is 2. The van der Waals surface area contributed by atoms with Crippen molar-refractivity contribution in [2.75, 3.05) is 20.3 Å². The quantitative estimate of drug-likeness (QED) is 0.700. The third kappa shape index (κ3) is 3.19. The second-order valence-corrected chi connectivity index (χ2v) is 7.57. The van der Waals surface area contributed by atoms with Gasteiger partial charge in [0.1, 0.15) is 17.5 Å². The number of carbonyl (C=O) groups is 1. The van der Waals surface area contributed by atoms with E-state index in [1.165, 1.54) is 4.68 Å². The molecular weight excluding hydrogens is 372 g/mol. The van der Waals surface area contributed by atoms with Gasteiger partial charge in [0.15, 0.2) is 0 Å². The van der Waals surface area contributed by atoms with Gasteiger partial charge in [0.05, 0.1) is 32.1 Å². The summed E-state index contributed by atoms with van der Waals surface area (Å²) in [5.41, 5.74) is 3.15. The van der Waals surface area contributed by atoms with Crippen molar-refractivity contribution in [2.24, 2.45) is 0 Å². The summed E-state index contributed by atoms with van der Waals surface area (Å²) < 4.78 is 12.3. The molecule has 8 heteroatoms. The minimum absolute atomic E-state index is 0.141. The van der Waals surface area contributed by atoms with E-state index < -0.39 is 0 Å². The van der Waals surface area contributed by atoms with Gasteiger partial charge in [-0.15, -0.1) is 0 Å². The van der Waals surface area contributed by atoms with Gasteiger partial charge in [-0.05, 0) is 43.0 Å². The van der Waals surface area contributed by atoms with E-state index in [1.807, 2.05) is 18.2 Å². The van der Waals surface area contributed by atoms with E-state index in [0.717, 1.165) is 47.2 Å². The summed E-state index contributed by atoms with van der Waals surface area (Å²) in [6.45, 7) is 0.691. The number of amides is 1. The molecule has 1 amide bonds. The Labute approximate surface area is 166 Å². The van der Waals surface area contributed by atoms with Crippen LogP contribution in [0.4, 0.5) is 0 Å². The molecular formula is C21H22N4O4. The Balaban J connectivity index is 1.38. The van der Waals surface area contributed by atoms with Crippen LogP contribution in [0, 0.1) is 0 Å². The van der Waals surface area contributed by atoms with Crippen molar-refractivity contribution in [3.05, 3.63) is 57.6 Å². The number of H-pyrrole nitrogens is 1. The van der Waals surface area contributed by atoms with Gasteiger partial charge in [-0.2, -0.15) is 5.10 Å². The Bertz CT molecular complexity index is 1150. The Morgan fingerprint density at radius 3 is 3.03 bits per heavy atom. The van der Waals surface area contributed by atoms with Gasteiger partial charge in [0, 0.05) is 23.0 Å². The number of aryl methyl sites for hydroxylation is 2. The number of nitrogens with one attached hydrogen (secondary N) is 2. The number of rotatable bonds is 4. The smallest absolute Gasteiger partial charge is 0.268 e. The molecule has 0 spiro atoms. The predicted molar refractivity (Wildman–Crippen MR) is 106 cm³/mol. The zero-order chi connectivity index (χ0) is 20.0. The number of hydrogen-bond acceptors (Lipinski definition) is 5. The molecule has 0 saturated carbocycles. The van der Waals surface area contributed by atoms with Gasteiger partial charge in [-0.25, -0.2) is 4.68 Å². The third-order valence-electron chi connectivity index (χ3n) is 5.74. The van der Waals surface area contributed by atoms with Crippen LogP contribution in [-0.4, -0.2) is 47.0 Å². The van der Waals surface area contributed by atoms with E-state index in [2.05, 4.69) is 15.4 Å². The average molecular weight is 394 g/mol. The highest BCUT2D eigenvalue weighted by Gasteiger charge is 2.33. The van der Waals surface area contributed by atoms with Crippen molar-refractivity contribution in [1.82, 2.24) is 20.1 Å². The molecule has 1 aromatic carbocycles. The molecule has 0 radical (unpaired) electrons. The first kappa shape index (κ1) is 17.9. The molecule has 2 N–H and O–H groups in total. The second kappa shape index (κ2) is 7.04. The van der Waals surface area contributed by atoms with Crippen LogP contribution in [0.3, 0.4) is 0 Å². The highest BCUT2D eigenvalue weighted by atomic mass is 16.5. The van der Waals surface area contributed by atoms with Gasteiger partial charge in [-0.1, -0.05) is 0 Å². The maximum atomic E-state index is 12.8. The van der Waals surface area contributed by atoms with E-state index in [1.54, 1.807) is 19.2 Å². The first-order valence-electron chi connectivity index (χ1n) is 9.79. The first-order chi connectivity index (χ1) is 14.1. The summed E-state index contributed by atoms with van der Waals surface area (Å²) in [6, 6.07) is 8.44. The van der Waals surface area contributed by atoms with Crippen molar-refractivity contribution in [2.45, 2.75) is 31.3 Å². The molecule has 1 saturated heterocycles. The molecule has 3 aromatic rings. The lowest BCUT2D eigenvalue weighted by molar-refractivity contribution is 0.0920. The molecule has 8 nitrogen and oxygen atoms in total. The maximum Gasteiger partial charge on any atom is 0.268 e. The second-order valence-electron chi connectivity index (χ2n) is 7.57. The molecule has 150 valence electrons. The molecule has 2 aliphatic rings. The highest BCUT2D eigenvalue weighted by molar-refractivity contribution is 5.98. The third-order valence-corrected chi connectivity index (χ3v) is 5.74. The molecule has 29 heavy (non-hydrogen) atoms. The standard InChI is InChI=1S/C21H22N4O4/c1-28-14-6-5-13-7-17(22-16(13)9-14)21(27)23-18-10-29-11-19(18)25-20(26)8-12-3-2-4-15(12)24-25/h5-9,18-19,22H,2-4,10-11H2,1H3,(H,23,27). The van der Waals surface area contributed by atoms with Crippen LogP contribution in [0.2, 0.25) is 0 Å². The first-order valence-corrected chi connectivity index (χ1v) is 9.79. The van der Waals surface area contributed by atoms with Crippen molar-refractivity contribution in [1.29, 1.82) is 0 Å². The molecule has 1 aliphatic carbocycles. The lowest BCUT2D eigenvalue weighted by Gasteiger charge is -2.20. The monoisotopic (exact) mass is 394 g/mol. The Morgan fingerprint density at radius 2 is 2.17 bits per heavy atom. The molecule has 0 bridgehead atoms. The van der Waals surface area contributed by atoms with Crippen molar-refractivity contribution in [3.8, 4) is 5.75 Å². The van der Waals surface area contributed by atoms with Crippen LogP contribution in [0.1, 0.15) is 34.2 Å².